The van der Waals surface area contributed by atoms with Crippen LogP contribution >= 0.6 is 0 Å². The Balaban J connectivity index is 1.29. The zero-order valence-electron chi connectivity index (χ0n) is 24.2. The lowest BCUT2D eigenvalue weighted by Crippen LogP contribution is -2.42. The van der Waals surface area contributed by atoms with E-state index in [4.69, 9.17) is 34.2 Å². The molecule has 228 valence electrons. The zero-order chi connectivity index (χ0) is 30.6. The summed E-state index contributed by atoms with van der Waals surface area (Å²) in [6.45, 7) is 5.76. The number of hydrogen-bond donors (Lipinski definition) is 2. The summed E-state index contributed by atoms with van der Waals surface area (Å²) in [5.41, 5.74) is 9.42. The third kappa shape index (κ3) is 5.13. The smallest absolute Gasteiger partial charge is 0.334 e. The molecule has 5 atom stereocenters. The molecule has 0 saturated carbocycles. The Morgan fingerprint density at radius 2 is 1.89 bits per heavy atom. The number of aromatic nitrogens is 4. The topological polar surface area (TPSA) is 162 Å². The van der Waals surface area contributed by atoms with Crippen molar-refractivity contribution in [1.82, 2.24) is 19.5 Å². The number of ether oxygens (including phenoxy) is 6. The number of hydrogen-bond acceptors (Lipinski definition) is 11. The van der Waals surface area contributed by atoms with Crippen molar-refractivity contribution in [3.63, 3.8) is 0 Å². The van der Waals surface area contributed by atoms with Crippen molar-refractivity contribution in [2.45, 2.75) is 63.8 Å². The highest BCUT2D eigenvalue weighted by Crippen LogP contribution is 2.46. The van der Waals surface area contributed by atoms with Gasteiger partial charge in [-0.15, -0.1) is 0 Å². The van der Waals surface area contributed by atoms with Crippen LogP contribution in [0, 0.1) is 6.92 Å². The van der Waals surface area contributed by atoms with Crippen LogP contribution in [0.2, 0.25) is 0 Å². The van der Waals surface area contributed by atoms with E-state index in [-0.39, 0.29) is 24.8 Å². The van der Waals surface area contributed by atoms with Crippen LogP contribution in [0.1, 0.15) is 36.8 Å². The van der Waals surface area contributed by atoms with Gasteiger partial charge in [0.25, 0.3) is 0 Å². The van der Waals surface area contributed by atoms with E-state index in [1.54, 1.807) is 36.9 Å². The number of rotatable bonds is 8. The average Bonchev–Trinajstić information content (AvgIpc) is 3.76. The number of imidazole rings is 1. The lowest BCUT2D eigenvalue weighted by molar-refractivity contribution is -0.208. The molecule has 2 aromatic heterocycles. The fourth-order valence-corrected chi connectivity index (χ4v) is 5.82. The summed E-state index contributed by atoms with van der Waals surface area (Å²) >= 11 is 0. The summed E-state index contributed by atoms with van der Waals surface area (Å²) in [5.74, 6) is -0.682. The normalized spacial score (nSPS) is 24.5. The van der Waals surface area contributed by atoms with E-state index in [1.165, 1.54) is 6.33 Å². The van der Waals surface area contributed by atoms with E-state index in [2.05, 4.69) is 15.0 Å². The predicted molar refractivity (Wildman–Crippen MR) is 155 cm³/mol. The van der Waals surface area contributed by atoms with E-state index < -0.39 is 42.4 Å². The maximum atomic E-state index is 12.9. The highest BCUT2D eigenvalue weighted by molar-refractivity contribution is 5.93. The molecule has 3 N–H and O–H groups in total. The molecule has 4 aromatic rings. The minimum Gasteiger partial charge on any atom is -0.478 e. The van der Waals surface area contributed by atoms with Crippen molar-refractivity contribution >= 4 is 29.0 Å². The Morgan fingerprint density at radius 3 is 2.68 bits per heavy atom. The summed E-state index contributed by atoms with van der Waals surface area (Å²) in [6, 6.07) is 13.0. The summed E-state index contributed by atoms with van der Waals surface area (Å²) in [4.78, 5) is 25.7. The number of nitrogens with two attached hydrogens (primary N) is 1. The number of aliphatic carboxylic acids is 1. The first-order valence-electron chi connectivity index (χ1n) is 14.1. The second kappa shape index (κ2) is 10.9. The van der Waals surface area contributed by atoms with Crippen molar-refractivity contribution in [2.75, 3.05) is 12.5 Å². The number of carboxylic acids is 1. The van der Waals surface area contributed by atoms with Crippen LogP contribution in [-0.2, 0) is 30.3 Å². The van der Waals surface area contributed by atoms with Gasteiger partial charge in [0.15, 0.2) is 35.0 Å². The molecule has 1 unspecified atom stereocenters. The van der Waals surface area contributed by atoms with Crippen LogP contribution in [-0.4, -0.2) is 67.6 Å². The largest absolute Gasteiger partial charge is 0.478 e. The molecule has 5 heterocycles. The standard InChI is InChI=1S/C31H31N5O8/c1-16-4-6-17(7-5-16)10-19(30(37)38)23(39-12-18-8-9-20-21(11-18)41-15-40-20)24-25-26(44-31(2,3)43-25)29(42-24)36-14-35-22-27(32)33-13-34-28(22)36/h4-11,13-14,23-26,29H,12,15H2,1-3H3,(H,37,38)(H2,32,33,34)/t23?,24-,25-,26-,29-/m1/s1. The lowest BCUT2D eigenvalue weighted by Gasteiger charge is -2.30. The van der Waals surface area contributed by atoms with Gasteiger partial charge in [0.2, 0.25) is 6.79 Å². The predicted octanol–water partition coefficient (Wildman–Crippen LogP) is 3.62. The van der Waals surface area contributed by atoms with Gasteiger partial charge in [-0.2, -0.15) is 0 Å². The molecule has 0 bridgehead atoms. The fourth-order valence-electron chi connectivity index (χ4n) is 5.82. The van der Waals surface area contributed by atoms with Crippen LogP contribution in [0.25, 0.3) is 17.2 Å². The molecule has 0 spiro atoms. The molecule has 0 amide bonds. The summed E-state index contributed by atoms with van der Waals surface area (Å²) in [5, 5.41) is 10.6. The van der Waals surface area contributed by atoms with Gasteiger partial charge < -0.3 is 39.3 Å². The molecule has 7 rings (SSSR count). The van der Waals surface area contributed by atoms with Crippen molar-refractivity contribution in [3.8, 4) is 11.5 Å². The first-order valence-corrected chi connectivity index (χ1v) is 14.1. The summed E-state index contributed by atoms with van der Waals surface area (Å²) in [7, 11) is 0. The SMILES string of the molecule is Cc1ccc(C=C(C(=O)O)C(OCc2ccc3c(c2)OCO3)[C@H]2O[C@@H](n3cnc4c(N)ncnc43)[C@@H]3OC(C)(C)O[C@@H]32)cc1. The minimum absolute atomic E-state index is 0.00522. The van der Waals surface area contributed by atoms with Crippen molar-refractivity contribution in [3.05, 3.63) is 77.4 Å². The number of fused-ring (bicyclic) bond motifs is 3. The Labute approximate surface area is 252 Å². The Bertz CT molecular complexity index is 1750. The Morgan fingerprint density at radius 1 is 1.11 bits per heavy atom. The number of carboxylic acid groups (broad SMARTS) is 1. The maximum absolute atomic E-state index is 12.9. The van der Waals surface area contributed by atoms with Crippen LogP contribution in [0.4, 0.5) is 5.82 Å². The Kier molecular flexibility index (Phi) is 6.97. The molecule has 2 fully saturated rings. The van der Waals surface area contributed by atoms with Crippen LogP contribution in [0.5, 0.6) is 11.5 Å². The van der Waals surface area contributed by atoms with Gasteiger partial charge in [0.05, 0.1) is 18.5 Å². The van der Waals surface area contributed by atoms with Crippen molar-refractivity contribution in [1.29, 1.82) is 0 Å². The maximum Gasteiger partial charge on any atom is 0.334 e. The number of aryl methyl sites for hydroxylation is 1. The first-order chi connectivity index (χ1) is 21.2. The molecule has 3 aliphatic rings. The number of nitrogens with zero attached hydrogens (tertiary/aromatic N) is 4. The summed E-state index contributed by atoms with van der Waals surface area (Å²) in [6.07, 6.45) is 0.394. The molecule has 3 aliphatic heterocycles. The molecule has 2 saturated heterocycles. The van der Waals surface area contributed by atoms with E-state index in [0.29, 0.717) is 28.2 Å². The second-order valence-corrected chi connectivity index (χ2v) is 11.4. The van der Waals surface area contributed by atoms with Gasteiger partial charge in [-0.25, -0.2) is 19.7 Å². The van der Waals surface area contributed by atoms with Crippen LogP contribution < -0.4 is 15.2 Å². The molecule has 44 heavy (non-hydrogen) atoms. The van der Waals surface area contributed by atoms with Gasteiger partial charge in [-0.1, -0.05) is 35.9 Å². The highest BCUT2D eigenvalue weighted by Gasteiger charge is 2.59. The Hall–Kier alpha value is -4.56. The molecular weight excluding hydrogens is 570 g/mol. The number of carbonyl (C=O) groups is 1. The molecule has 2 aromatic carbocycles. The molecule has 13 heteroatoms. The first kappa shape index (κ1) is 28.2. The van der Waals surface area contributed by atoms with Crippen LogP contribution in [0.3, 0.4) is 0 Å². The minimum atomic E-state index is -1.16. The molecular formula is C31H31N5O8. The molecule has 0 radical (unpaired) electrons. The highest BCUT2D eigenvalue weighted by atomic mass is 16.8. The van der Waals surface area contributed by atoms with E-state index in [0.717, 1.165) is 11.1 Å². The van der Waals surface area contributed by atoms with Crippen molar-refractivity contribution in [2.24, 2.45) is 0 Å². The quantitative estimate of drug-likeness (QED) is 0.283. The second-order valence-electron chi connectivity index (χ2n) is 11.4. The average molecular weight is 602 g/mol. The third-order valence-electron chi connectivity index (χ3n) is 7.84. The van der Waals surface area contributed by atoms with Gasteiger partial charge in [-0.3, -0.25) is 4.57 Å². The van der Waals surface area contributed by atoms with Gasteiger partial charge in [0, 0.05) is 0 Å². The van der Waals surface area contributed by atoms with E-state index >= 15 is 0 Å². The molecule has 0 aliphatic carbocycles. The zero-order valence-corrected chi connectivity index (χ0v) is 24.2. The van der Waals surface area contributed by atoms with Crippen molar-refractivity contribution < 1.29 is 38.3 Å². The van der Waals surface area contributed by atoms with Gasteiger partial charge in [0.1, 0.15) is 36.3 Å². The van der Waals surface area contributed by atoms with Crippen LogP contribution in [0.15, 0.2) is 60.7 Å². The van der Waals surface area contributed by atoms with E-state index in [9.17, 15) is 9.90 Å². The number of anilines is 1. The lowest BCUT2D eigenvalue weighted by atomic mass is 9.96. The number of nitrogen functional groups attached to an aromatic ring is 1. The number of benzene rings is 2. The van der Waals surface area contributed by atoms with Gasteiger partial charge in [-0.05, 0) is 50.1 Å². The fraction of sp³-hybridized carbons (Fsp3) is 0.355. The summed E-state index contributed by atoms with van der Waals surface area (Å²) < 4.78 is 38.4. The van der Waals surface area contributed by atoms with E-state index in [1.807, 2.05) is 43.3 Å². The van der Waals surface area contributed by atoms with Gasteiger partial charge >= 0.3 is 5.97 Å². The monoisotopic (exact) mass is 601 g/mol. The third-order valence-corrected chi connectivity index (χ3v) is 7.84. The molecule has 13 nitrogen and oxygen atoms in total.